The summed E-state index contributed by atoms with van der Waals surface area (Å²) in [6.07, 6.45) is -6.53. The molecule has 10 aromatic carbocycles. The predicted molar refractivity (Wildman–Crippen MR) is 597 cm³/mol. The lowest BCUT2D eigenvalue weighted by atomic mass is 9.85. The van der Waals surface area contributed by atoms with Crippen molar-refractivity contribution in [3.63, 3.8) is 0 Å². The maximum Gasteiger partial charge on any atom is 0.216 e. The normalized spacial score (nSPS) is 15.1. The molecule has 0 amide bonds. The molecule has 0 unspecified atom stereocenters. The molecule has 730 valence electrons. The van der Waals surface area contributed by atoms with Crippen LogP contribution in [-0.4, -0.2) is 0 Å². The summed E-state index contributed by atoms with van der Waals surface area (Å²) in [6, 6.07) is 40.3. The van der Waals surface area contributed by atoms with Gasteiger partial charge in [0.2, 0.25) is 28.5 Å². The number of aromatic nitrogens is 5. The van der Waals surface area contributed by atoms with Gasteiger partial charge < -0.3 is 22.1 Å². The van der Waals surface area contributed by atoms with Crippen molar-refractivity contribution in [3.05, 3.63) is 349 Å². The highest BCUT2D eigenvalue weighted by molar-refractivity contribution is 6.16. The van der Waals surface area contributed by atoms with E-state index >= 15 is 0 Å². The first kappa shape index (κ1) is 73.5. The van der Waals surface area contributed by atoms with Crippen LogP contribution in [0.2, 0.25) is 0 Å². The third-order valence-corrected chi connectivity index (χ3v) is 26.9. The minimum Gasteiger partial charge on any atom is -0.456 e. The molecule has 0 spiro atoms. The largest absolute Gasteiger partial charge is 0.456 e. The van der Waals surface area contributed by atoms with Crippen LogP contribution in [0.25, 0.3) is 190 Å². The first-order chi connectivity index (χ1) is 78.9. The van der Waals surface area contributed by atoms with Crippen LogP contribution in [0, 0.1) is 187 Å². The quantitative estimate of drug-likeness (QED) is 0.111. The second kappa shape index (κ2) is 38.9. The summed E-state index contributed by atoms with van der Waals surface area (Å²) in [4.78, 5) is 17.6. The summed E-state index contributed by atoms with van der Waals surface area (Å²) in [5, 5.41) is 7.19. The lowest BCUT2D eigenvalue weighted by Crippen LogP contribution is -2.36. The van der Waals surface area contributed by atoms with E-state index in [1.807, 2.05) is 115 Å². The Morgan fingerprint density at radius 2 is 0.648 bits per heavy atom. The molecule has 15 heteroatoms. The molecule has 0 bridgehead atoms. The number of aryl methyl sites for hydroxylation is 12. The monoisotopic (exact) mass is 1940 g/mol. The van der Waals surface area contributed by atoms with E-state index in [-0.39, 0.29) is 108 Å². The van der Waals surface area contributed by atoms with Crippen LogP contribution in [0.15, 0.2) is 186 Å². The summed E-state index contributed by atoms with van der Waals surface area (Å²) < 4.78 is 263. The number of furan rings is 5. The van der Waals surface area contributed by atoms with Gasteiger partial charge in [-0.3, -0.25) is 0 Å². The van der Waals surface area contributed by atoms with E-state index in [0.717, 1.165) is 111 Å². The van der Waals surface area contributed by atoms with Crippen LogP contribution < -0.4 is 22.8 Å². The zero-order valence-corrected chi connectivity index (χ0v) is 87.7. The highest BCUT2D eigenvalue weighted by Gasteiger charge is 2.34. The van der Waals surface area contributed by atoms with Gasteiger partial charge in [0.05, 0.1) is 67.5 Å². The number of rotatable bonds is 8. The summed E-state index contributed by atoms with van der Waals surface area (Å²) in [5.41, 5.74) is 21.1. The van der Waals surface area contributed by atoms with Crippen LogP contribution >= 0.6 is 0 Å². The van der Waals surface area contributed by atoms with E-state index in [4.69, 9.17) is 86.5 Å². The maximum absolute atomic E-state index is 9.32. The molecule has 0 atom stereocenters. The summed E-state index contributed by atoms with van der Waals surface area (Å²) >= 11 is 0. The molecular formula is C130H135N10O5+5. The number of hydrogen-bond donors (Lipinski definition) is 0. The SMILES string of the molecule is [2H]c1c(C([2H])([2H])C(C)(C)C)c(C([2H])([2H])[2H])c(C)[n+](C)c1-c1c(C)cc(C([2H])([2H])[2H])c2c1oc1cc([N+]#[C-])ccc12.[2H]c1c(C([2H])([2H])C(C)(C)C)c(C([2H])([2H])[2H])c(C)[n+](C)c1-c1c(C)ccc2c1oc1cc([N+]#[C-])c(C)cc12.[2H]c1c(C([2H])([2H])C(C)(C)C)c(C([2H])([2H])[2H])c(C)[n+](C)c1-c1c(C)ccc2c1oc1cc([N+]#[C-])cc(C([2H])([2H])[2H])c12.[2H]c1c(C)c([2H])c(-c2c(C)ccc3c2oc2c(C)cc([N+]#[C-])cc23)[n+](C)c1C.[C-]#[N+]c1cc(C)c2oc3c(-c4cc(C)cc(C)[n+]4C)c(C)ccc3c2c1. The zero-order valence-electron chi connectivity index (χ0n) is 114. The van der Waals surface area contributed by atoms with Gasteiger partial charge in [-0.05, 0) is 265 Å². The van der Waals surface area contributed by atoms with Crippen LogP contribution in [-0.2, 0) is 54.4 Å². The predicted octanol–water partition coefficient (Wildman–Crippen LogP) is 34.1. The molecule has 10 aromatic heterocycles. The van der Waals surface area contributed by atoms with Gasteiger partial charge in [-0.15, -0.1) is 0 Å². The van der Waals surface area contributed by atoms with Gasteiger partial charge >= 0.3 is 0 Å². The lowest BCUT2D eigenvalue weighted by Gasteiger charge is -2.21. The molecule has 20 aromatic rings. The van der Waals surface area contributed by atoms with Crippen molar-refractivity contribution in [1.29, 1.82) is 0 Å². The molecule has 0 aliphatic carbocycles. The first-order valence-electron chi connectivity index (χ1n) is 60.7. The zero-order chi connectivity index (χ0) is 127. The highest BCUT2D eigenvalue weighted by Crippen LogP contribution is 2.48. The first-order valence-corrected chi connectivity index (χ1v) is 47.7. The van der Waals surface area contributed by atoms with Crippen molar-refractivity contribution < 1.29 is 80.6 Å². The van der Waals surface area contributed by atoms with E-state index < -0.39 is 69.6 Å². The van der Waals surface area contributed by atoms with Gasteiger partial charge in [-0.2, -0.15) is 22.8 Å². The molecule has 10 heterocycles. The van der Waals surface area contributed by atoms with Gasteiger partial charge in [0.25, 0.3) is 0 Å². The Bertz CT molecular complexity index is 10400. The molecule has 0 aliphatic rings. The minimum atomic E-state index is -2.70. The molecule has 20 rings (SSSR count). The third-order valence-electron chi connectivity index (χ3n) is 26.9. The lowest BCUT2D eigenvalue weighted by molar-refractivity contribution is -0.667. The fraction of sp³-hybridized carbons (Fsp3) is 0.308. The van der Waals surface area contributed by atoms with Gasteiger partial charge in [0.15, 0.2) is 56.9 Å². The second-order valence-electron chi connectivity index (χ2n) is 41.1. The number of pyridine rings is 5. The van der Waals surface area contributed by atoms with Gasteiger partial charge in [0, 0.05) is 176 Å². The van der Waals surface area contributed by atoms with Gasteiger partial charge in [-0.1, -0.05) is 141 Å². The molecule has 0 fully saturated rings. The fourth-order valence-electron chi connectivity index (χ4n) is 19.2. The minimum absolute atomic E-state index is 0.0290. The molecular weight excluding hydrogens is 1780 g/mol. The standard InChI is InChI=1S/3C28H31N2O.2C23H21N2O/c1-16-12-17(2)26(27-25(16)22-11-10-21(29-8)14-24(22)31-27)23-13-20(15-28(5,6)7)18(3)19(4)30(23)9;1-16-10-11-22-25-17(2)12-21(29-8)14-24(25)31-27(22)26(16)23-13-20(15-28(5,6)7)18(3)19(4)30(23)9;1-16-10-11-21-22-12-17(2)23(29-8)14-25(22)31-27(21)26(16)24-13-20(15-28(5,6)7)18(3)19(4)30(24)9;2*1-13-9-16(4)25(6)20(10-13)21-14(2)7-8-18-19-12-17(24-5)11-15(3)22(19)26-23(18)21/h3*10-14H,15H2,1-7,9H3;2*7-12H,1-4,6H3/q5*+1/i1D3,3D3,13D,15D2;2D3,3D3,13D,15D2;3D3,13D,15D2;9D,10D;. The van der Waals surface area contributed by atoms with Crippen LogP contribution in [0.5, 0.6) is 0 Å². The van der Waals surface area contributed by atoms with E-state index in [1.54, 1.807) is 162 Å². The van der Waals surface area contributed by atoms with Gasteiger partial charge in [-0.25, -0.2) is 24.2 Å². The number of benzene rings is 10. The Hall–Kier alpha value is -15.6. The van der Waals surface area contributed by atoms with E-state index in [9.17, 15) is 4.11 Å². The smallest absolute Gasteiger partial charge is 0.216 e. The Balaban J connectivity index is 0.000000150. The Morgan fingerprint density at radius 3 is 1.10 bits per heavy atom. The van der Waals surface area contributed by atoms with Crippen LogP contribution in [0.1, 0.15) is 227 Å². The second-order valence-corrected chi connectivity index (χ2v) is 41.1. The molecule has 0 N–H and O–H groups in total. The highest BCUT2D eigenvalue weighted by atomic mass is 16.3. The Kier molecular flexibility index (Phi) is 19.7. The van der Waals surface area contributed by atoms with Crippen molar-refractivity contribution in [3.8, 4) is 56.3 Å². The van der Waals surface area contributed by atoms with Crippen LogP contribution in [0.3, 0.4) is 0 Å². The number of nitrogens with zero attached hydrogens (tertiary/aromatic N) is 10. The van der Waals surface area contributed by atoms with Crippen molar-refractivity contribution >= 4 is 138 Å². The molecule has 145 heavy (non-hydrogen) atoms. The fourth-order valence-corrected chi connectivity index (χ4v) is 19.2. The molecule has 15 nitrogen and oxygen atoms in total. The van der Waals surface area contributed by atoms with Crippen molar-refractivity contribution in [2.75, 3.05) is 0 Å². The summed E-state index contributed by atoms with van der Waals surface area (Å²) in [5.74, 6) is 0. The van der Waals surface area contributed by atoms with E-state index in [1.165, 1.54) is 41.1 Å². The number of hydrogen-bond acceptors (Lipinski definition) is 5. The van der Waals surface area contributed by atoms with Crippen molar-refractivity contribution in [2.24, 2.45) is 51.5 Å². The number of fused-ring (bicyclic) bond motifs is 15. The maximum atomic E-state index is 9.32. The molecule has 0 saturated carbocycles. The van der Waals surface area contributed by atoms with Crippen molar-refractivity contribution in [1.82, 2.24) is 0 Å². The van der Waals surface area contributed by atoms with E-state index in [2.05, 4.69) is 80.9 Å². The molecule has 0 radical (unpaired) electrons. The topological polar surface area (TPSA) is 107 Å². The average molecular weight is 1940 g/mol. The summed E-state index contributed by atoms with van der Waals surface area (Å²) in [6.45, 7) is 67.2. The Morgan fingerprint density at radius 1 is 0.276 bits per heavy atom. The Labute approximate surface area is 891 Å². The van der Waals surface area contributed by atoms with Crippen LogP contribution in [0.4, 0.5) is 28.4 Å². The molecule has 0 aliphatic heterocycles. The molecule has 0 saturated heterocycles. The van der Waals surface area contributed by atoms with Gasteiger partial charge in [0.1, 0.15) is 91.1 Å². The average Bonchev–Trinajstić information content (AvgIpc) is 1.67. The third kappa shape index (κ3) is 19.3. The summed E-state index contributed by atoms with van der Waals surface area (Å²) in [7, 11) is 8.92. The van der Waals surface area contributed by atoms with E-state index in [0.29, 0.717) is 118 Å². The van der Waals surface area contributed by atoms with Crippen molar-refractivity contribution in [2.45, 2.75) is 220 Å².